The number of hydrogen-bond acceptors (Lipinski definition) is 3. The van der Waals surface area contributed by atoms with Gasteiger partial charge in [-0.05, 0) is 18.6 Å². The normalized spacial score (nSPS) is 9.88. The summed E-state index contributed by atoms with van der Waals surface area (Å²) in [4.78, 5) is 0. The number of aliphatic hydroxyl groups excluding tert-OH is 1. The van der Waals surface area contributed by atoms with Crippen LogP contribution in [0, 0.1) is 11.3 Å². The Morgan fingerprint density at radius 2 is 2.12 bits per heavy atom. The van der Waals surface area contributed by atoms with Crippen molar-refractivity contribution in [2.24, 2.45) is 0 Å². The van der Waals surface area contributed by atoms with E-state index >= 15 is 0 Å². The van der Waals surface area contributed by atoms with Gasteiger partial charge in [0.2, 0.25) is 0 Å². The van der Waals surface area contributed by atoms with Crippen molar-refractivity contribution in [3.63, 3.8) is 0 Å². The molecule has 1 aromatic carbocycles. The van der Waals surface area contributed by atoms with E-state index < -0.39 is 0 Å². The maximum atomic E-state index is 9.12. The molecule has 86 valence electrons. The largest absolute Gasteiger partial charge is 0.492 e. The van der Waals surface area contributed by atoms with E-state index in [0.717, 1.165) is 0 Å². The zero-order valence-electron chi connectivity index (χ0n) is 8.54. The fourth-order valence-electron chi connectivity index (χ4n) is 1.22. The summed E-state index contributed by atoms with van der Waals surface area (Å²) in [5, 5.41) is 18.3. The molecular formula is C11H11Cl2NO2. The Balaban J connectivity index is 2.74. The summed E-state index contributed by atoms with van der Waals surface area (Å²) in [6, 6.07) is 5.18. The van der Waals surface area contributed by atoms with Crippen LogP contribution in [0.3, 0.4) is 0 Å². The lowest BCUT2D eigenvalue weighted by atomic mass is 10.2. The highest BCUT2D eigenvalue weighted by atomic mass is 35.5. The van der Waals surface area contributed by atoms with Crippen molar-refractivity contribution in [3.05, 3.63) is 27.7 Å². The fraction of sp³-hybridized carbons (Fsp3) is 0.364. The Morgan fingerprint density at radius 3 is 2.75 bits per heavy atom. The zero-order chi connectivity index (χ0) is 12.0. The van der Waals surface area contributed by atoms with Crippen molar-refractivity contribution < 1.29 is 9.84 Å². The van der Waals surface area contributed by atoms with Crippen LogP contribution in [0.2, 0.25) is 10.0 Å². The predicted molar refractivity (Wildman–Crippen MR) is 62.7 cm³/mol. The van der Waals surface area contributed by atoms with Gasteiger partial charge >= 0.3 is 0 Å². The maximum Gasteiger partial charge on any atom is 0.143 e. The number of benzene rings is 1. The summed E-state index contributed by atoms with van der Waals surface area (Å²) in [6.45, 7) is 0.204. The van der Waals surface area contributed by atoms with Gasteiger partial charge in [-0.2, -0.15) is 5.26 Å². The summed E-state index contributed by atoms with van der Waals surface area (Å²) in [7, 11) is 0. The predicted octanol–water partition coefficient (Wildman–Crippen LogP) is 3.17. The van der Waals surface area contributed by atoms with Gasteiger partial charge < -0.3 is 9.84 Å². The van der Waals surface area contributed by atoms with Crippen LogP contribution in [0.4, 0.5) is 0 Å². The number of ether oxygens (including phenoxy) is 1. The van der Waals surface area contributed by atoms with Gasteiger partial charge in [0.15, 0.2) is 0 Å². The molecule has 1 N–H and O–H groups in total. The molecule has 0 spiro atoms. The Hall–Kier alpha value is -0.950. The number of rotatable bonds is 5. The van der Waals surface area contributed by atoms with Crippen molar-refractivity contribution >= 4 is 23.2 Å². The fourth-order valence-corrected chi connectivity index (χ4v) is 1.81. The van der Waals surface area contributed by atoms with Crippen LogP contribution in [-0.4, -0.2) is 11.7 Å². The molecule has 5 heteroatoms. The SMILES string of the molecule is N#CCCCOc1c(Cl)cc(Cl)cc1CO. The third kappa shape index (κ3) is 3.57. The van der Waals surface area contributed by atoms with Gasteiger partial charge in [0.1, 0.15) is 5.75 Å². The minimum atomic E-state index is -0.187. The lowest BCUT2D eigenvalue weighted by molar-refractivity contribution is 0.262. The molecule has 0 saturated heterocycles. The molecule has 16 heavy (non-hydrogen) atoms. The number of aliphatic hydroxyl groups is 1. The molecule has 0 aliphatic heterocycles. The second-order valence-electron chi connectivity index (χ2n) is 3.14. The first-order valence-electron chi connectivity index (χ1n) is 4.77. The van der Waals surface area contributed by atoms with Crippen molar-refractivity contribution in [2.45, 2.75) is 19.4 Å². The molecule has 1 rings (SSSR count). The van der Waals surface area contributed by atoms with E-state index in [2.05, 4.69) is 0 Å². The molecule has 0 radical (unpaired) electrons. The molecule has 0 aliphatic carbocycles. The van der Waals surface area contributed by atoms with Crippen LogP contribution in [0.25, 0.3) is 0 Å². The number of unbranched alkanes of at least 4 members (excludes halogenated alkanes) is 1. The molecule has 0 aliphatic rings. The molecule has 0 amide bonds. The van der Waals surface area contributed by atoms with Crippen LogP contribution >= 0.6 is 23.2 Å². The van der Waals surface area contributed by atoms with E-state index in [1.807, 2.05) is 6.07 Å². The van der Waals surface area contributed by atoms with Gasteiger partial charge in [0.25, 0.3) is 0 Å². The second kappa shape index (κ2) is 6.59. The summed E-state index contributed by atoms with van der Waals surface area (Å²) in [6.07, 6.45) is 1.06. The summed E-state index contributed by atoms with van der Waals surface area (Å²) >= 11 is 11.7. The number of nitriles is 1. The third-order valence-electron chi connectivity index (χ3n) is 1.93. The van der Waals surface area contributed by atoms with Crippen LogP contribution in [0.15, 0.2) is 12.1 Å². The molecule has 0 saturated carbocycles. The standard InChI is InChI=1S/C11H11Cl2NO2/c12-9-5-8(7-15)11(10(13)6-9)16-4-2-1-3-14/h5-6,15H,1-2,4,7H2. The molecule has 0 heterocycles. The molecule has 0 aromatic heterocycles. The Bertz CT molecular complexity index is 402. The number of nitrogens with zero attached hydrogens (tertiary/aromatic N) is 1. The molecule has 1 aromatic rings. The van der Waals surface area contributed by atoms with Crippen molar-refractivity contribution in [1.82, 2.24) is 0 Å². The van der Waals surface area contributed by atoms with Gasteiger partial charge in [-0.3, -0.25) is 0 Å². The van der Waals surface area contributed by atoms with Crippen LogP contribution in [0.1, 0.15) is 18.4 Å². The van der Waals surface area contributed by atoms with E-state index in [9.17, 15) is 0 Å². The van der Waals surface area contributed by atoms with Gasteiger partial charge in [-0.15, -0.1) is 0 Å². The number of halogens is 2. The molecular weight excluding hydrogens is 249 g/mol. The zero-order valence-corrected chi connectivity index (χ0v) is 10.1. The van der Waals surface area contributed by atoms with E-state index in [4.69, 9.17) is 38.3 Å². The molecule has 0 unspecified atom stereocenters. The maximum absolute atomic E-state index is 9.12. The topological polar surface area (TPSA) is 53.2 Å². The highest BCUT2D eigenvalue weighted by molar-refractivity contribution is 6.35. The van der Waals surface area contributed by atoms with E-state index in [1.54, 1.807) is 12.1 Å². The molecule has 0 atom stereocenters. The summed E-state index contributed by atoms with van der Waals surface area (Å²) in [5.41, 5.74) is 0.550. The Kier molecular flexibility index (Phi) is 5.41. The van der Waals surface area contributed by atoms with Gasteiger partial charge in [-0.1, -0.05) is 23.2 Å². The van der Waals surface area contributed by atoms with Crippen molar-refractivity contribution in [1.29, 1.82) is 5.26 Å². The Morgan fingerprint density at radius 1 is 1.38 bits per heavy atom. The molecule has 3 nitrogen and oxygen atoms in total. The van der Waals surface area contributed by atoms with Crippen LogP contribution < -0.4 is 4.74 Å². The third-order valence-corrected chi connectivity index (χ3v) is 2.43. The Labute approximate surface area is 104 Å². The van der Waals surface area contributed by atoms with Gasteiger partial charge in [0, 0.05) is 17.0 Å². The van der Waals surface area contributed by atoms with Crippen molar-refractivity contribution in [3.8, 4) is 11.8 Å². The smallest absolute Gasteiger partial charge is 0.143 e. The molecule has 0 fully saturated rings. The lowest BCUT2D eigenvalue weighted by Gasteiger charge is -2.11. The van der Waals surface area contributed by atoms with E-state index in [0.29, 0.717) is 40.8 Å². The van der Waals surface area contributed by atoms with E-state index in [-0.39, 0.29) is 6.61 Å². The van der Waals surface area contributed by atoms with Crippen LogP contribution in [0.5, 0.6) is 5.75 Å². The summed E-state index contributed by atoms with van der Waals surface area (Å²) < 4.78 is 5.41. The minimum absolute atomic E-state index is 0.187. The number of hydrogen-bond donors (Lipinski definition) is 1. The lowest BCUT2D eigenvalue weighted by Crippen LogP contribution is -2.01. The quantitative estimate of drug-likeness (QED) is 0.827. The highest BCUT2D eigenvalue weighted by Crippen LogP contribution is 2.32. The van der Waals surface area contributed by atoms with Gasteiger partial charge in [-0.25, -0.2) is 0 Å². The monoisotopic (exact) mass is 259 g/mol. The van der Waals surface area contributed by atoms with Crippen LogP contribution in [-0.2, 0) is 6.61 Å². The van der Waals surface area contributed by atoms with Gasteiger partial charge in [0.05, 0.1) is 24.3 Å². The first-order chi connectivity index (χ1) is 7.69. The summed E-state index contributed by atoms with van der Waals surface area (Å²) in [5.74, 6) is 0.437. The first-order valence-corrected chi connectivity index (χ1v) is 5.53. The van der Waals surface area contributed by atoms with E-state index in [1.165, 1.54) is 0 Å². The molecule has 0 bridgehead atoms. The highest BCUT2D eigenvalue weighted by Gasteiger charge is 2.09. The first kappa shape index (κ1) is 13.1. The average molecular weight is 260 g/mol. The minimum Gasteiger partial charge on any atom is -0.492 e. The van der Waals surface area contributed by atoms with Crippen molar-refractivity contribution in [2.75, 3.05) is 6.61 Å². The second-order valence-corrected chi connectivity index (χ2v) is 3.99. The average Bonchev–Trinajstić information content (AvgIpc) is 2.26.